The molecule has 0 fully saturated rings. The van der Waals surface area contributed by atoms with Crippen molar-refractivity contribution in [2.24, 2.45) is 10.2 Å². The summed E-state index contributed by atoms with van der Waals surface area (Å²) in [6.07, 6.45) is 4.94. The number of hydrogen-bond acceptors (Lipinski definition) is 9. The van der Waals surface area contributed by atoms with E-state index >= 15 is 0 Å². The van der Waals surface area contributed by atoms with Crippen LogP contribution in [0.1, 0.15) is 13.8 Å². The first-order valence-electron chi connectivity index (χ1n) is 12.3. The van der Waals surface area contributed by atoms with Crippen LogP contribution in [0, 0.1) is 0 Å². The van der Waals surface area contributed by atoms with Gasteiger partial charge >= 0.3 is 18.0 Å². The second-order valence-corrected chi connectivity index (χ2v) is 9.07. The number of rotatable bonds is 8. The summed E-state index contributed by atoms with van der Waals surface area (Å²) in [4.78, 5) is 59.4. The number of anilines is 4. The van der Waals surface area contributed by atoms with Gasteiger partial charge in [0.05, 0.1) is 22.5 Å². The Morgan fingerprint density at radius 3 is 1.24 bits per heavy atom. The second kappa shape index (κ2) is 12.4. The van der Waals surface area contributed by atoms with Gasteiger partial charge in [-0.15, -0.1) is 0 Å². The van der Waals surface area contributed by atoms with Crippen LogP contribution in [-0.2, 0) is 19.2 Å². The number of Topliss-reactive ketones (excluding diaryl/α,β-unsaturated/α-hetero) is 2. The molecule has 0 atom stereocenters. The molecule has 0 heterocycles. The molecule has 0 aliphatic heterocycles. The highest BCUT2D eigenvalue weighted by atomic mass is 16.4. The van der Waals surface area contributed by atoms with Crippen molar-refractivity contribution in [3.05, 3.63) is 95.1 Å². The minimum Gasteiger partial charge on any atom is -0.478 e. The summed E-state index contributed by atoms with van der Waals surface area (Å²) in [5.74, 6) is -3.11. The molecule has 0 saturated carbocycles. The van der Waals surface area contributed by atoms with Crippen molar-refractivity contribution in [2.45, 2.75) is 13.8 Å². The maximum absolute atomic E-state index is 12.4. The topological polar surface area (TPSA) is 199 Å². The normalized spacial score (nSPS) is 16.6. The molecule has 0 spiro atoms. The van der Waals surface area contributed by atoms with E-state index in [0.29, 0.717) is 22.7 Å². The molecule has 0 saturated heterocycles. The lowest BCUT2D eigenvalue weighted by Gasteiger charge is -2.11. The summed E-state index contributed by atoms with van der Waals surface area (Å²) >= 11 is 0. The second-order valence-electron chi connectivity index (χ2n) is 9.07. The fourth-order valence-corrected chi connectivity index (χ4v) is 3.72. The van der Waals surface area contributed by atoms with Crippen LogP contribution in [0.15, 0.2) is 105 Å². The molecule has 13 heteroatoms. The van der Waals surface area contributed by atoms with E-state index in [1.165, 1.54) is 38.2 Å². The van der Waals surface area contributed by atoms with Gasteiger partial charge in [-0.2, -0.15) is 10.2 Å². The number of ketones is 2. The number of benzene rings is 2. The van der Waals surface area contributed by atoms with Gasteiger partial charge in [0.15, 0.2) is 0 Å². The van der Waals surface area contributed by atoms with Gasteiger partial charge < -0.3 is 20.8 Å². The SMILES string of the molecule is CC1=CC(C(=O)O)=C/C(=N/Nc2ccc(NC(=O)Nc3ccc(N/N=C4\C=C(C(=O)O)C=C(C)C4=O)cc3)cc2)C1=O. The molecule has 0 bridgehead atoms. The molecule has 212 valence electrons. The number of aliphatic carboxylic acids is 2. The fourth-order valence-electron chi connectivity index (χ4n) is 3.72. The Kier molecular flexibility index (Phi) is 8.52. The first-order valence-corrected chi connectivity index (χ1v) is 12.3. The molecular weight excluding hydrogens is 544 g/mol. The monoisotopic (exact) mass is 568 g/mol. The van der Waals surface area contributed by atoms with Crippen LogP contribution in [0.3, 0.4) is 0 Å². The summed E-state index contributed by atoms with van der Waals surface area (Å²) in [6.45, 7) is 3.02. The van der Waals surface area contributed by atoms with E-state index in [0.717, 1.165) is 0 Å². The number of urea groups is 1. The van der Waals surface area contributed by atoms with Crippen molar-refractivity contribution in [1.82, 2.24) is 0 Å². The number of carboxylic acids is 2. The van der Waals surface area contributed by atoms with Gasteiger partial charge in [0.25, 0.3) is 0 Å². The molecule has 2 aromatic carbocycles. The average molecular weight is 569 g/mol. The average Bonchev–Trinajstić information content (AvgIpc) is 2.95. The number of hydrazone groups is 2. The van der Waals surface area contributed by atoms with Gasteiger partial charge in [0.2, 0.25) is 11.6 Å². The first-order chi connectivity index (χ1) is 20.0. The number of amides is 2. The van der Waals surface area contributed by atoms with Crippen molar-refractivity contribution < 1.29 is 34.2 Å². The smallest absolute Gasteiger partial charge is 0.335 e. The Bertz CT molecular complexity index is 1550. The Hall–Kier alpha value is -6.11. The Labute approximate surface area is 238 Å². The summed E-state index contributed by atoms with van der Waals surface area (Å²) in [7, 11) is 0. The lowest BCUT2D eigenvalue weighted by atomic mass is 9.98. The zero-order chi connectivity index (χ0) is 30.4. The molecule has 13 nitrogen and oxygen atoms in total. The maximum Gasteiger partial charge on any atom is 0.335 e. The summed E-state index contributed by atoms with van der Waals surface area (Å²) in [5.41, 5.74) is 7.69. The van der Waals surface area contributed by atoms with Crippen LogP contribution in [0.25, 0.3) is 0 Å². The summed E-state index contributed by atoms with van der Waals surface area (Å²) in [5, 5.41) is 31.7. The van der Waals surface area contributed by atoms with Crippen LogP contribution >= 0.6 is 0 Å². The van der Waals surface area contributed by atoms with Gasteiger partial charge in [-0.25, -0.2) is 14.4 Å². The molecule has 42 heavy (non-hydrogen) atoms. The molecule has 2 aliphatic carbocycles. The maximum atomic E-state index is 12.4. The Balaban J connectivity index is 1.31. The molecule has 0 radical (unpaired) electrons. The molecule has 2 aliphatic rings. The minimum absolute atomic E-state index is 0.0403. The number of allylic oxidation sites excluding steroid dienone is 4. The fraction of sp³-hybridized carbons (Fsp3) is 0.0690. The van der Waals surface area contributed by atoms with Crippen molar-refractivity contribution >= 4 is 63.7 Å². The van der Waals surface area contributed by atoms with Gasteiger partial charge in [-0.3, -0.25) is 20.4 Å². The Morgan fingerprint density at radius 2 is 0.905 bits per heavy atom. The van der Waals surface area contributed by atoms with Crippen LogP contribution in [0.4, 0.5) is 27.5 Å². The van der Waals surface area contributed by atoms with Crippen molar-refractivity contribution in [2.75, 3.05) is 21.5 Å². The van der Waals surface area contributed by atoms with Crippen LogP contribution in [-0.4, -0.2) is 51.2 Å². The zero-order valence-electron chi connectivity index (χ0n) is 22.3. The number of carboxylic acid groups (broad SMARTS) is 2. The van der Waals surface area contributed by atoms with Gasteiger partial charge in [0, 0.05) is 11.4 Å². The third kappa shape index (κ3) is 7.09. The van der Waals surface area contributed by atoms with E-state index in [-0.39, 0.29) is 33.7 Å². The predicted molar refractivity (Wildman–Crippen MR) is 157 cm³/mol. The van der Waals surface area contributed by atoms with E-state index < -0.39 is 29.5 Å². The molecule has 6 N–H and O–H groups in total. The molecule has 2 amide bonds. The van der Waals surface area contributed by atoms with Gasteiger partial charge in [-0.1, -0.05) is 0 Å². The van der Waals surface area contributed by atoms with Crippen molar-refractivity contribution in [3.8, 4) is 0 Å². The predicted octanol–water partition coefficient (Wildman–Crippen LogP) is 3.95. The number of nitrogens with one attached hydrogen (secondary N) is 4. The highest BCUT2D eigenvalue weighted by molar-refractivity contribution is 6.52. The standard InChI is InChI=1S/C29H24N6O7/c1-15-11-17(27(38)39)13-23(25(15)36)34-32-21-7-3-19(4-8-21)30-29(42)31-20-5-9-22(10-6-20)33-35-24-14-18(28(40)41)12-16(2)26(24)37/h3-14,32-33H,1-2H3,(H,38,39)(H,40,41)(H2,30,31,42)/b34-23-,35-24+. The van der Waals surface area contributed by atoms with E-state index in [4.69, 9.17) is 0 Å². The molecule has 0 unspecified atom stereocenters. The van der Waals surface area contributed by atoms with Crippen molar-refractivity contribution in [1.29, 1.82) is 0 Å². The highest BCUT2D eigenvalue weighted by Gasteiger charge is 2.22. The Morgan fingerprint density at radius 1 is 0.571 bits per heavy atom. The lowest BCUT2D eigenvalue weighted by Crippen LogP contribution is -2.21. The largest absolute Gasteiger partial charge is 0.478 e. The first kappa shape index (κ1) is 28.9. The number of nitrogens with zero attached hydrogens (tertiary/aromatic N) is 2. The van der Waals surface area contributed by atoms with Gasteiger partial charge in [-0.05, 0) is 97.8 Å². The van der Waals surface area contributed by atoms with Crippen molar-refractivity contribution in [3.63, 3.8) is 0 Å². The van der Waals surface area contributed by atoms with E-state index in [1.54, 1.807) is 48.5 Å². The third-order valence-electron chi connectivity index (χ3n) is 5.90. The van der Waals surface area contributed by atoms with E-state index in [1.807, 2.05) is 0 Å². The summed E-state index contributed by atoms with van der Waals surface area (Å²) in [6, 6.07) is 12.4. The van der Waals surface area contributed by atoms with E-state index in [2.05, 4.69) is 31.7 Å². The molecular formula is C29H24N6O7. The van der Waals surface area contributed by atoms with Crippen LogP contribution < -0.4 is 21.5 Å². The molecule has 4 rings (SSSR count). The van der Waals surface area contributed by atoms with E-state index in [9.17, 15) is 34.2 Å². The quantitative estimate of drug-likeness (QED) is 0.202. The number of hydrogen-bond donors (Lipinski definition) is 6. The number of carbonyl (C=O) groups is 5. The lowest BCUT2D eigenvalue weighted by molar-refractivity contribution is -0.133. The highest BCUT2D eigenvalue weighted by Crippen LogP contribution is 2.18. The van der Waals surface area contributed by atoms with Crippen LogP contribution in [0.5, 0.6) is 0 Å². The number of carbonyl (C=O) groups excluding carboxylic acids is 3. The zero-order valence-corrected chi connectivity index (χ0v) is 22.3. The molecule has 0 aromatic heterocycles. The van der Waals surface area contributed by atoms with Crippen LogP contribution in [0.2, 0.25) is 0 Å². The third-order valence-corrected chi connectivity index (χ3v) is 5.90. The summed E-state index contributed by atoms with van der Waals surface area (Å²) < 4.78 is 0. The minimum atomic E-state index is -1.17. The van der Waals surface area contributed by atoms with Gasteiger partial charge in [0.1, 0.15) is 11.4 Å². The molecule has 2 aromatic rings.